The van der Waals surface area contributed by atoms with E-state index >= 15 is 0 Å². The van der Waals surface area contributed by atoms with Gasteiger partial charge in [-0.3, -0.25) is 4.79 Å². The van der Waals surface area contributed by atoms with Gasteiger partial charge in [0.05, 0.1) is 12.2 Å². The van der Waals surface area contributed by atoms with Gasteiger partial charge in [-0.1, -0.05) is 6.07 Å². The first-order chi connectivity index (χ1) is 11.6. The van der Waals surface area contributed by atoms with Gasteiger partial charge in [0.25, 0.3) is 5.91 Å². The van der Waals surface area contributed by atoms with Crippen molar-refractivity contribution in [3.05, 3.63) is 36.0 Å². The SMILES string of the molecule is CCO[C@H]1C[C@@H](O)C12CCN(C(=O)c1ccc3cc[nH]c3c1)CC2. The Morgan fingerprint density at radius 2 is 2.17 bits per heavy atom. The lowest BCUT2D eigenvalue weighted by molar-refractivity contribution is -0.207. The molecule has 2 fully saturated rings. The third-order valence-corrected chi connectivity index (χ3v) is 5.89. The molecule has 2 atom stereocenters. The van der Waals surface area contributed by atoms with Crippen LogP contribution < -0.4 is 0 Å². The number of benzene rings is 1. The quantitative estimate of drug-likeness (QED) is 0.910. The Labute approximate surface area is 141 Å². The number of hydrogen-bond donors (Lipinski definition) is 2. The Morgan fingerprint density at radius 3 is 2.88 bits per heavy atom. The molecule has 1 spiro atoms. The second kappa shape index (κ2) is 5.90. The van der Waals surface area contributed by atoms with E-state index in [0.29, 0.717) is 19.7 Å². The number of piperidine rings is 1. The predicted molar refractivity (Wildman–Crippen MR) is 91.9 cm³/mol. The third kappa shape index (κ3) is 2.34. The van der Waals surface area contributed by atoms with E-state index < -0.39 is 0 Å². The van der Waals surface area contributed by atoms with Gasteiger partial charge in [0, 0.05) is 48.8 Å². The summed E-state index contributed by atoms with van der Waals surface area (Å²) in [6.07, 6.45) is 4.09. The molecule has 1 saturated carbocycles. The first kappa shape index (κ1) is 15.7. The number of aliphatic hydroxyl groups excluding tert-OH is 1. The molecular weight excluding hydrogens is 304 g/mol. The lowest BCUT2D eigenvalue weighted by Gasteiger charge is -2.56. The van der Waals surface area contributed by atoms with Gasteiger partial charge < -0.3 is 19.7 Å². The number of H-pyrrole nitrogens is 1. The van der Waals surface area contributed by atoms with E-state index in [1.165, 1.54) is 0 Å². The maximum Gasteiger partial charge on any atom is 0.253 e. The topological polar surface area (TPSA) is 65.6 Å². The second-order valence-electron chi connectivity index (χ2n) is 7.00. The van der Waals surface area contributed by atoms with Crippen LogP contribution in [0.1, 0.15) is 36.5 Å². The highest BCUT2D eigenvalue weighted by Gasteiger charge is 2.56. The highest BCUT2D eigenvalue weighted by atomic mass is 16.5. The molecule has 24 heavy (non-hydrogen) atoms. The molecule has 128 valence electrons. The lowest BCUT2D eigenvalue weighted by Crippen LogP contribution is -2.62. The highest BCUT2D eigenvalue weighted by molar-refractivity contribution is 5.98. The Kier molecular flexibility index (Phi) is 3.85. The van der Waals surface area contributed by atoms with Crippen LogP contribution in [0.3, 0.4) is 0 Å². The first-order valence-electron chi connectivity index (χ1n) is 8.80. The molecule has 1 aliphatic carbocycles. The zero-order chi connectivity index (χ0) is 16.7. The first-order valence-corrected chi connectivity index (χ1v) is 8.80. The fourth-order valence-electron chi connectivity index (χ4n) is 4.31. The number of nitrogens with one attached hydrogen (secondary N) is 1. The van der Waals surface area contributed by atoms with Gasteiger partial charge in [0.15, 0.2) is 0 Å². The van der Waals surface area contributed by atoms with Gasteiger partial charge >= 0.3 is 0 Å². The van der Waals surface area contributed by atoms with E-state index in [0.717, 1.165) is 35.7 Å². The molecule has 4 rings (SSSR count). The number of hydrogen-bond acceptors (Lipinski definition) is 3. The number of carbonyl (C=O) groups excluding carboxylic acids is 1. The summed E-state index contributed by atoms with van der Waals surface area (Å²) in [5.41, 5.74) is 1.56. The van der Waals surface area contributed by atoms with Crippen LogP contribution in [0.2, 0.25) is 0 Å². The molecule has 1 aromatic heterocycles. The Bertz CT molecular complexity index is 744. The minimum Gasteiger partial charge on any atom is -0.392 e. The van der Waals surface area contributed by atoms with Crippen LogP contribution in [0.4, 0.5) is 0 Å². The summed E-state index contributed by atoms with van der Waals surface area (Å²) >= 11 is 0. The zero-order valence-electron chi connectivity index (χ0n) is 14.0. The maximum absolute atomic E-state index is 12.8. The summed E-state index contributed by atoms with van der Waals surface area (Å²) in [5, 5.41) is 11.4. The van der Waals surface area contributed by atoms with E-state index in [4.69, 9.17) is 4.74 Å². The Morgan fingerprint density at radius 1 is 1.38 bits per heavy atom. The summed E-state index contributed by atoms with van der Waals surface area (Å²) < 4.78 is 5.79. The molecule has 0 radical (unpaired) electrons. The number of aliphatic hydroxyl groups is 1. The molecule has 1 saturated heterocycles. The molecule has 0 unspecified atom stereocenters. The number of aromatic nitrogens is 1. The molecule has 0 bridgehead atoms. The molecule has 5 heteroatoms. The van der Waals surface area contributed by atoms with Gasteiger partial charge in [0.2, 0.25) is 0 Å². The monoisotopic (exact) mass is 328 g/mol. The molecule has 1 aliphatic heterocycles. The molecule has 5 nitrogen and oxygen atoms in total. The molecule has 2 aromatic rings. The molecule has 2 aliphatic rings. The van der Waals surface area contributed by atoms with Crippen LogP contribution in [0.25, 0.3) is 10.9 Å². The van der Waals surface area contributed by atoms with E-state index in [1.807, 2.05) is 42.3 Å². The molecular formula is C19H24N2O3. The van der Waals surface area contributed by atoms with E-state index in [2.05, 4.69) is 4.98 Å². The van der Waals surface area contributed by atoms with Crippen molar-refractivity contribution in [2.24, 2.45) is 5.41 Å². The third-order valence-electron chi connectivity index (χ3n) is 5.89. The second-order valence-corrected chi connectivity index (χ2v) is 7.00. The minimum atomic E-state index is -0.290. The summed E-state index contributed by atoms with van der Waals surface area (Å²) in [4.78, 5) is 17.9. The molecule has 1 aromatic carbocycles. The van der Waals surface area contributed by atoms with Crippen molar-refractivity contribution in [3.63, 3.8) is 0 Å². The maximum atomic E-state index is 12.8. The van der Waals surface area contributed by atoms with Crippen molar-refractivity contribution in [1.29, 1.82) is 0 Å². The van der Waals surface area contributed by atoms with Crippen molar-refractivity contribution in [1.82, 2.24) is 9.88 Å². The average Bonchev–Trinajstić information content (AvgIpc) is 3.09. The minimum absolute atomic E-state index is 0.0723. The molecule has 1 amide bonds. The Hall–Kier alpha value is -1.85. The van der Waals surface area contributed by atoms with E-state index in [-0.39, 0.29) is 23.5 Å². The average molecular weight is 328 g/mol. The number of rotatable bonds is 3. The number of nitrogens with zero attached hydrogens (tertiary/aromatic N) is 1. The highest BCUT2D eigenvalue weighted by Crippen LogP contribution is 2.51. The normalized spacial score (nSPS) is 25.8. The fraction of sp³-hybridized carbons (Fsp3) is 0.526. The summed E-state index contributed by atoms with van der Waals surface area (Å²) in [7, 11) is 0. The smallest absolute Gasteiger partial charge is 0.253 e. The largest absolute Gasteiger partial charge is 0.392 e. The van der Waals surface area contributed by atoms with Gasteiger partial charge in [-0.25, -0.2) is 0 Å². The van der Waals surface area contributed by atoms with Gasteiger partial charge in [-0.05, 0) is 43.4 Å². The van der Waals surface area contributed by atoms with Gasteiger partial charge in [-0.15, -0.1) is 0 Å². The molecule has 2 heterocycles. The van der Waals surface area contributed by atoms with E-state index in [1.54, 1.807) is 0 Å². The number of aromatic amines is 1. The van der Waals surface area contributed by atoms with E-state index in [9.17, 15) is 9.90 Å². The van der Waals surface area contributed by atoms with Gasteiger partial charge in [0.1, 0.15) is 0 Å². The van der Waals surface area contributed by atoms with Crippen molar-refractivity contribution in [3.8, 4) is 0 Å². The predicted octanol–water partition coefficient (Wildman–Crippen LogP) is 2.56. The fourth-order valence-corrected chi connectivity index (χ4v) is 4.31. The number of carbonyl (C=O) groups is 1. The lowest BCUT2D eigenvalue weighted by atomic mass is 9.58. The van der Waals surface area contributed by atoms with Crippen molar-refractivity contribution >= 4 is 16.8 Å². The van der Waals surface area contributed by atoms with Crippen LogP contribution >= 0.6 is 0 Å². The van der Waals surface area contributed by atoms with Crippen molar-refractivity contribution in [2.75, 3.05) is 19.7 Å². The van der Waals surface area contributed by atoms with Crippen LogP contribution in [-0.2, 0) is 4.74 Å². The molecule has 2 N–H and O–H groups in total. The standard InChI is InChI=1S/C19H24N2O3/c1-2-24-17-12-16(22)19(17)6-9-21(10-7-19)18(23)14-4-3-13-5-8-20-15(13)11-14/h3-5,8,11,16-17,20,22H,2,6-7,9-10,12H2,1H3/t16-,17+/m1/s1. The van der Waals surface area contributed by atoms with Crippen molar-refractivity contribution < 1.29 is 14.6 Å². The van der Waals surface area contributed by atoms with Gasteiger partial charge in [-0.2, -0.15) is 0 Å². The van der Waals surface area contributed by atoms with Crippen LogP contribution in [0.5, 0.6) is 0 Å². The zero-order valence-corrected chi connectivity index (χ0v) is 14.0. The summed E-state index contributed by atoms with van der Waals surface area (Å²) in [5.74, 6) is 0.0723. The number of ether oxygens (including phenoxy) is 1. The summed E-state index contributed by atoms with van der Waals surface area (Å²) in [6.45, 7) is 4.04. The van der Waals surface area contributed by atoms with Crippen LogP contribution in [0, 0.1) is 5.41 Å². The Balaban J connectivity index is 1.46. The number of likely N-dealkylation sites (tertiary alicyclic amines) is 1. The van der Waals surface area contributed by atoms with Crippen LogP contribution in [0.15, 0.2) is 30.5 Å². The number of amides is 1. The number of fused-ring (bicyclic) bond motifs is 1. The van der Waals surface area contributed by atoms with Crippen LogP contribution in [-0.4, -0.2) is 52.8 Å². The van der Waals surface area contributed by atoms with Crippen molar-refractivity contribution in [2.45, 2.75) is 38.4 Å². The summed E-state index contributed by atoms with van der Waals surface area (Å²) in [6, 6.07) is 7.79.